The molecule has 84 valence electrons. The molecule has 5 nitrogen and oxygen atoms in total. The van der Waals surface area contributed by atoms with Crippen molar-refractivity contribution < 1.29 is 13.2 Å². The van der Waals surface area contributed by atoms with E-state index in [0.717, 1.165) is 12.8 Å². The molecule has 2 heterocycles. The first-order valence-electron chi connectivity index (χ1n) is 4.63. The molecule has 0 unspecified atom stereocenters. The summed E-state index contributed by atoms with van der Waals surface area (Å²) in [6.07, 6.45) is 4.72. The van der Waals surface area contributed by atoms with Gasteiger partial charge in [-0.15, -0.1) is 0 Å². The summed E-state index contributed by atoms with van der Waals surface area (Å²) < 4.78 is 29.0. The van der Waals surface area contributed by atoms with Gasteiger partial charge in [0.15, 0.2) is 5.03 Å². The molecule has 0 atom stereocenters. The van der Waals surface area contributed by atoms with Gasteiger partial charge in [0.2, 0.25) is 0 Å². The average Bonchev–Trinajstić information content (AvgIpc) is 2.67. The molecule has 1 aliphatic heterocycles. The van der Waals surface area contributed by atoms with Gasteiger partial charge in [0, 0.05) is 36.1 Å². The number of hydrogen-bond acceptors (Lipinski definition) is 4. The van der Waals surface area contributed by atoms with Gasteiger partial charge >= 0.3 is 0 Å². The molecule has 0 aliphatic carbocycles. The highest BCUT2D eigenvalue weighted by Gasteiger charge is 2.19. The van der Waals surface area contributed by atoms with Gasteiger partial charge in [-0.3, -0.25) is 0 Å². The summed E-state index contributed by atoms with van der Waals surface area (Å²) in [4.78, 5) is 3.76. The van der Waals surface area contributed by atoms with Crippen LogP contribution in [0.3, 0.4) is 0 Å². The quantitative estimate of drug-likeness (QED) is 0.739. The molecule has 0 radical (unpaired) electrons. The van der Waals surface area contributed by atoms with Crippen LogP contribution in [0.25, 0.3) is 0 Å². The number of rotatable bonds is 2. The van der Waals surface area contributed by atoms with Gasteiger partial charge in [0.25, 0.3) is 9.05 Å². The molecule has 7 heteroatoms. The monoisotopic (exact) mass is 250 g/mol. The Balaban J connectivity index is 2.19. The number of nitrogens with zero attached hydrogens (tertiary/aromatic N) is 2. The van der Waals surface area contributed by atoms with Gasteiger partial charge in [0.1, 0.15) is 0 Å². The summed E-state index contributed by atoms with van der Waals surface area (Å²) in [6, 6.07) is 0.262. The van der Waals surface area contributed by atoms with Gasteiger partial charge < -0.3 is 9.30 Å². The van der Waals surface area contributed by atoms with Gasteiger partial charge in [-0.1, -0.05) is 0 Å². The Bertz CT molecular complexity index is 436. The lowest BCUT2D eigenvalue weighted by molar-refractivity contribution is 0.0695. The fourth-order valence-electron chi connectivity index (χ4n) is 1.63. The van der Waals surface area contributed by atoms with E-state index in [1.54, 1.807) is 4.57 Å². The molecule has 2 rings (SSSR count). The maximum Gasteiger partial charge on any atom is 0.280 e. The van der Waals surface area contributed by atoms with Crippen molar-refractivity contribution >= 4 is 19.7 Å². The van der Waals surface area contributed by atoms with Crippen molar-refractivity contribution in [1.82, 2.24) is 9.55 Å². The van der Waals surface area contributed by atoms with Crippen LogP contribution in [0.5, 0.6) is 0 Å². The first-order valence-corrected chi connectivity index (χ1v) is 6.94. The summed E-state index contributed by atoms with van der Waals surface area (Å²) in [5.74, 6) is 0. The Kier molecular flexibility index (Phi) is 2.99. The summed E-state index contributed by atoms with van der Waals surface area (Å²) in [7, 11) is 1.47. The molecule has 0 spiro atoms. The van der Waals surface area contributed by atoms with E-state index in [4.69, 9.17) is 15.4 Å². The van der Waals surface area contributed by atoms with Crippen LogP contribution in [0.4, 0.5) is 0 Å². The van der Waals surface area contributed by atoms with Gasteiger partial charge in [-0.05, 0) is 12.8 Å². The van der Waals surface area contributed by atoms with Crippen molar-refractivity contribution in [3.05, 3.63) is 12.5 Å². The van der Waals surface area contributed by atoms with E-state index in [0.29, 0.717) is 13.2 Å². The highest BCUT2D eigenvalue weighted by atomic mass is 35.7. The van der Waals surface area contributed by atoms with E-state index in [1.165, 1.54) is 12.5 Å². The molecule has 0 N–H and O–H groups in total. The number of imidazole rings is 1. The fourth-order valence-corrected chi connectivity index (χ4v) is 2.29. The molecule has 1 aromatic rings. The minimum absolute atomic E-state index is 0.0874. The Morgan fingerprint density at radius 2 is 2.13 bits per heavy atom. The van der Waals surface area contributed by atoms with Crippen LogP contribution >= 0.6 is 10.7 Å². The van der Waals surface area contributed by atoms with Crippen molar-refractivity contribution in [2.45, 2.75) is 23.9 Å². The second-order valence-corrected chi connectivity index (χ2v) is 5.95. The van der Waals surface area contributed by atoms with Gasteiger partial charge in [0.05, 0.1) is 6.33 Å². The molecule has 1 aliphatic rings. The van der Waals surface area contributed by atoms with E-state index in [9.17, 15) is 8.42 Å². The van der Waals surface area contributed by atoms with E-state index < -0.39 is 9.05 Å². The lowest BCUT2D eigenvalue weighted by Crippen LogP contribution is -2.18. The van der Waals surface area contributed by atoms with Crippen molar-refractivity contribution in [1.29, 1.82) is 0 Å². The Morgan fingerprint density at radius 1 is 1.47 bits per heavy atom. The van der Waals surface area contributed by atoms with Gasteiger partial charge in [-0.2, -0.15) is 0 Å². The van der Waals surface area contributed by atoms with Crippen LogP contribution in [0.15, 0.2) is 17.6 Å². The van der Waals surface area contributed by atoms with E-state index in [2.05, 4.69) is 4.98 Å². The van der Waals surface area contributed by atoms with Crippen molar-refractivity contribution in [3.63, 3.8) is 0 Å². The zero-order valence-corrected chi connectivity index (χ0v) is 9.54. The largest absolute Gasteiger partial charge is 0.381 e. The first-order chi connectivity index (χ1) is 7.07. The Morgan fingerprint density at radius 3 is 2.67 bits per heavy atom. The smallest absolute Gasteiger partial charge is 0.280 e. The molecule has 0 amide bonds. The molecule has 15 heavy (non-hydrogen) atoms. The summed E-state index contributed by atoms with van der Waals surface area (Å²) in [5, 5.41) is -0.0874. The van der Waals surface area contributed by atoms with Crippen molar-refractivity contribution in [2.24, 2.45) is 0 Å². The van der Waals surface area contributed by atoms with Crippen LogP contribution < -0.4 is 0 Å². The first kappa shape index (κ1) is 10.9. The molecule has 1 fully saturated rings. The van der Waals surface area contributed by atoms with Crippen LogP contribution in [-0.4, -0.2) is 31.2 Å². The maximum absolute atomic E-state index is 11.0. The maximum atomic E-state index is 11.0. The molecular weight excluding hydrogens is 240 g/mol. The Labute approximate surface area is 92.4 Å². The summed E-state index contributed by atoms with van der Waals surface area (Å²) in [6.45, 7) is 1.40. The number of ether oxygens (including phenoxy) is 1. The van der Waals surface area contributed by atoms with E-state index in [1.807, 2.05) is 0 Å². The Hall–Kier alpha value is -0.590. The second-order valence-electron chi connectivity index (χ2n) is 3.44. The molecule has 0 aromatic carbocycles. The predicted molar refractivity (Wildman–Crippen MR) is 54.4 cm³/mol. The van der Waals surface area contributed by atoms with E-state index >= 15 is 0 Å². The minimum atomic E-state index is -3.71. The lowest BCUT2D eigenvalue weighted by atomic mass is 10.1. The predicted octanol–water partition coefficient (Wildman–Crippen LogP) is 1.16. The third-order valence-electron chi connectivity index (χ3n) is 2.44. The van der Waals surface area contributed by atoms with Crippen LogP contribution in [0.2, 0.25) is 0 Å². The average molecular weight is 251 g/mol. The number of hydrogen-bond donors (Lipinski definition) is 0. The van der Waals surface area contributed by atoms with Crippen LogP contribution in [-0.2, 0) is 13.8 Å². The zero-order chi connectivity index (χ0) is 10.9. The third kappa shape index (κ3) is 2.50. The van der Waals surface area contributed by atoms with Crippen LogP contribution in [0, 0.1) is 0 Å². The highest BCUT2D eigenvalue weighted by molar-refractivity contribution is 8.13. The number of halogens is 1. The van der Waals surface area contributed by atoms with Crippen molar-refractivity contribution in [2.75, 3.05) is 13.2 Å². The number of aromatic nitrogens is 2. The third-order valence-corrected chi connectivity index (χ3v) is 3.62. The molecule has 1 aromatic heterocycles. The zero-order valence-electron chi connectivity index (χ0n) is 7.97. The van der Waals surface area contributed by atoms with Crippen molar-refractivity contribution in [3.8, 4) is 0 Å². The second kappa shape index (κ2) is 4.11. The van der Waals surface area contributed by atoms with E-state index in [-0.39, 0.29) is 11.1 Å². The summed E-state index contributed by atoms with van der Waals surface area (Å²) in [5.41, 5.74) is 0. The SMILES string of the molecule is O=S(=O)(Cl)c1cn(C2CCOCC2)cn1. The van der Waals surface area contributed by atoms with Crippen LogP contribution in [0.1, 0.15) is 18.9 Å². The molecular formula is C8H11ClN2O3S. The minimum Gasteiger partial charge on any atom is -0.381 e. The summed E-state index contributed by atoms with van der Waals surface area (Å²) >= 11 is 0. The topological polar surface area (TPSA) is 61.2 Å². The van der Waals surface area contributed by atoms with Gasteiger partial charge in [-0.25, -0.2) is 13.4 Å². The normalized spacial score (nSPS) is 19.3. The highest BCUT2D eigenvalue weighted by Crippen LogP contribution is 2.22. The molecule has 0 bridgehead atoms. The fraction of sp³-hybridized carbons (Fsp3) is 0.625. The molecule has 1 saturated heterocycles. The lowest BCUT2D eigenvalue weighted by Gasteiger charge is -2.22. The standard InChI is InChI=1S/C8H11ClN2O3S/c9-15(12,13)8-5-11(6-10-8)7-1-3-14-4-2-7/h5-7H,1-4H2. The molecule has 0 saturated carbocycles.